The van der Waals surface area contributed by atoms with E-state index in [0.717, 1.165) is 0 Å². The Morgan fingerprint density at radius 3 is 2.52 bits per heavy atom. The number of benzene rings is 2. The number of halogens is 4. The zero-order valence-corrected chi connectivity index (χ0v) is 20.4. The zero-order valence-electron chi connectivity index (χ0n) is 16.5. The Kier molecular flexibility index (Phi) is 8.36. The molecule has 3 aromatic rings. The molecule has 3 rings (SSSR count). The molecule has 1 amide bonds. The highest BCUT2D eigenvalue weighted by molar-refractivity contribution is 7.99. The maximum absolute atomic E-state index is 12.4. The van der Waals surface area contributed by atoms with Gasteiger partial charge in [-0.25, -0.2) is 0 Å². The number of carbonyl (C=O) groups excluding carboxylic acids is 1. The minimum absolute atomic E-state index is 0.106. The van der Waals surface area contributed by atoms with Crippen LogP contribution in [0.15, 0.2) is 41.6 Å². The molecule has 0 aliphatic carbocycles. The fourth-order valence-electron chi connectivity index (χ4n) is 2.72. The molecule has 1 aromatic heterocycles. The lowest BCUT2D eigenvalue weighted by Crippen LogP contribution is -2.15. The van der Waals surface area contributed by atoms with E-state index in [2.05, 4.69) is 15.5 Å². The van der Waals surface area contributed by atoms with Gasteiger partial charge in [0.15, 0.2) is 17.1 Å². The fraction of sp³-hybridized carbons (Fsp3) is 0.250. The first-order valence-electron chi connectivity index (χ1n) is 9.21. The molecule has 2 aromatic carbocycles. The zero-order chi connectivity index (χ0) is 22.5. The van der Waals surface area contributed by atoms with Gasteiger partial charge in [-0.05, 0) is 38.1 Å². The summed E-state index contributed by atoms with van der Waals surface area (Å²) in [6.45, 7) is 4.45. The molecule has 0 spiro atoms. The quantitative estimate of drug-likeness (QED) is 0.262. The van der Waals surface area contributed by atoms with Crippen molar-refractivity contribution in [2.45, 2.75) is 31.7 Å². The molecular formula is C20H18Cl4N4O2S. The molecule has 11 heteroatoms. The highest BCUT2D eigenvalue weighted by Gasteiger charge is 2.20. The minimum Gasteiger partial charge on any atom is -0.481 e. The van der Waals surface area contributed by atoms with Crippen LogP contribution in [0.4, 0.5) is 5.69 Å². The van der Waals surface area contributed by atoms with Crippen LogP contribution >= 0.6 is 58.2 Å². The number of para-hydroxylation sites is 1. The van der Waals surface area contributed by atoms with Crippen LogP contribution in [0.3, 0.4) is 0 Å². The Morgan fingerprint density at radius 1 is 1.10 bits per heavy atom. The lowest BCUT2D eigenvalue weighted by molar-refractivity contribution is -0.113. The molecule has 0 saturated carbocycles. The number of aromatic nitrogens is 3. The van der Waals surface area contributed by atoms with E-state index in [1.54, 1.807) is 12.1 Å². The molecule has 0 radical (unpaired) electrons. The SMILES string of the molecule is CCn1c(SCC(=O)Nc2cc(Cl)c(Cl)cc2Cl)nnc1C(C)Oc1ccccc1Cl. The second kappa shape index (κ2) is 10.8. The third kappa shape index (κ3) is 5.99. The number of nitrogens with zero attached hydrogens (tertiary/aromatic N) is 3. The monoisotopic (exact) mass is 518 g/mol. The Hall–Kier alpha value is -1.64. The Morgan fingerprint density at radius 2 is 1.81 bits per heavy atom. The van der Waals surface area contributed by atoms with Gasteiger partial charge < -0.3 is 14.6 Å². The molecule has 31 heavy (non-hydrogen) atoms. The van der Waals surface area contributed by atoms with Crippen molar-refractivity contribution in [3.8, 4) is 5.75 Å². The van der Waals surface area contributed by atoms with Crippen molar-refractivity contribution >= 4 is 69.8 Å². The van der Waals surface area contributed by atoms with Crippen LogP contribution in [0.5, 0.6) is 5.75 Å². The van der Waals surface area contributed by atoms with Gasteiger partial charge in [0.1, 0.15) is 5.75 Å². The van der Waals surface area contributed by atoms with E-state index in [4.69, 9.17) is 51.1 Å². The highest BCUT2D eigenvalue weighted by atomic mass is 35.5. The number of anilines is 1. The highest BCUT2D eigenvalue weighted by Crippen LogP contribution is 2.33. The van der Waals surface area contributed by atoms with Crippen LogP contribution in [-0.2, 0) is 11.3 Å². The molecular weight excluding hydrogens is 502 g/mol. The number of hydrogen-bond acceptors (Lipinski definition) is 5. The minimum atomic E-state index is -0.384. The number of amides is 1. The van der Waals surface area contributed by atoms with Gasteiger partial charge in [-0.3, -0.25) is 4.79 Å². The van der Waals surface area contributed by atoms with Gasteiger partial charge in [-0.1, -0.05) is 70.3 Å². The van der Waals surface area contributed by atoms with Gasteiger partial charge >= 0.3 is 0 Å². The molecule has 1 heterocycles. The topological polar surface area (TPSA) is 69.0 Å². The van der Waals surface area contributed by atoms with Crippen molar-refractivity contribution in [1.29, 1.82) is 0 Å². The van der Waals surface area contributed by atoms with Gasteiger partial charge in [0.25, 0.3) is 0 Å². The maximum Gasteiger partial charge on any atom is 0.234 e. The number of hydrogen-bond donors (Lipinski definition) is 1. The molecule has 1 N–H and O–H groups in total. The van der Waals surface area contributed by atoms with Crippen molar-refractivity contribution in [3.63, 3.8) is 0 Å². The molecule has 164 valence electrons. The molecule has 1 atom stereocenters. The van der Waals surface area contributed by atoms with Crippen LogP contribution in [0.25, 0.3) is 0 Å². The molecule has 0 bridgehead atoms. The summed E-state index contributed by atoms with van der Waals surface area (Å²) < 4.78 is 7.84. The Balaban J connectivity index is 1.66. The Bertz CT molecular complexity index is 1090. The average molecular weight is 520 g/mol. The summed E-state index contributed by atoms with van der Waals surface area (Å²) in [5, 5.41) is 13.2. The second-order valence-corrected chi connectivity index (χ2v) is 8.93. The number of nitrogens with one attached hydrogen (secondary N) is 1. The van der Waals surface area contributed by atoms with Crippen LogP contribution in [0, 0.1) is 0 Å². The second-order valence-electron chi connectivity index (χ2n) is 6.36. The van der Waals surface area contributed by atoms with Crippen LogP contribution in [-0.4, -0.2) is 26.4 Å². The van der Waals surface area contributed by atoms with Crippen molar-refractivity contribution in [1.82, 2.24) is 14.8 Å². The number of carbonyl (C=O) groups is 1. The van der Waals surface area contributed by atoms with Gasteiger partial charge in [0, 0.05) is 6.54 Å². The van der Waals surface area contributed by atoms with Gasteiger partial charge in [-0.15, -0.1) is 10.2 Å². The molecule has 6 nitrogen and oxygen atoms in total. The first kappa shape index (κ1) is 24.0. The molecule has 0 saturated heterocycles. The average Bonchev–Trinajstić information content (AvgIpc) is 3.15. The number of thioether (sulfide) groups is 1. The van der Waals surface area contributed by atoms with Crippen molar-refractivity contribution < 1.29 is 9.53 Å². The lowest BCUT2D eigenvalue weighted by atomic mass is 10.3. The van der Waals surface area contributed by atoms with Crippen molar-refractivity contribution in [2.75, 3.05) is 11.1 Å². The van der Waals surface area contributed by atoms with Gasteiger partial charge in [-0.2, -0.15) is 0 Å². The van der Waals surface area contributed by atoms with E-state index in [9.17, 15) is 4.79 Å². The summed E-state index contributed by atoms with van der Waals surface area (Å²) in [6.07, 6.45) is -0.384. The third-order valence-electron chi connectivity index (χ3n) is 4.18. The van der Waals surface area contributed by atoms with Crippen LogP contribution in [0.1, 0.15) is 25.8 Å². The number of rotatable bonds is 8. The molecule has 0 aliphatic heterocycles. The predicted molar refractivity (Wildman–Crippen MR) is 127 cm³/mol. The molecule has 1 unspecified atom stereocenters. The van der Waals surface area contributed by atoms with E-state index < -0.39 is 0 Å². The summed E-state index contributed by atoms with van der Waals surface area (Å²) in [4.78, 5) is 12.4. The predicted octanol–water partition coefficient (Wildman–Crippen LogP) is 6.78. The van der Waals surface area contributed by atoms with E-state index in [1.165, 1.54) is 23.9 Å². The van der Waals surface area contributed by atoms with Crippen molar-refractivity contribution in [3.05, 3.63) is 62.3 Å². The third-order valence-corrected chi connectivity index (χ3v) is 6.50. The fourth-order valence-corrected chi connectivity index (χ4v) is 4.31. The van der Waals surface area contributed by atoms with Crippen molar-refractivity contribution in [2.24, 2.45) is 0 Å². The van der Waals surface area contributed by atoms with Crippen LogP contribution < -0.4 is 10.1 Å². The number of ether oxygens (including phenoxy) is 1. The van der Waals surface area contributed by atoms with Crippen LogP contribution in [0.2, 0.25) is 20.1 Å². The smallest absolute Gasteiger partial charge is 0.234 e. The summed E-state index contributed by atoms with van der Waals surface area (Å²) >= 11 is 25.4. The maximum atomic E-state index is 12.4. The summed E-state index contributed by atoms with van der Waals surface area (Å²) in [6, 6.07) is 10.2. The standard InChI is InChI=1S/C20H18Cl4N4O2S/c1-3-28-19(11(2)30-17-7-5-4-6-12(17)21)26-27-20(28)31-10-18(29)25-16-9-14(23)13(22)8-15(16)24/h4-9,11H,3,10H2,1-2H3,(H,25,29). The summed E-state index contributed by atoms with van der Waals surface area (Å²) in [5.74, 6) is 1.04. The molecule has 0 aliphatic rings. The van der Waals surface area contributed by atoms with E-state index >= 15 is 0 Å². The van der Waals surface area contributed by atoms with E-state index in [1.807, 2.05) is 30.5 Å². The Labute approximate surface area is 204 Å². The first-order chi connectivity index (χ1) is 14.8. The van der Waals surface area contributed by atoms with Gasteiger partial charge in [0.2, 0.25) is 5.91 Å². The normalized spacial score (nSPS) is 11.9. The summed E-state index contributed by atoms with van der Waals surface area (Å²) in [5.41, 5.74) is 0.390. The van der Waals surface area contributed by atoms with Gasteiger partial charge in [0.05, 0.1) is 31.5 Å². The largest absolute Gasteiger partial charge is 0.481 e. The summed E-state index contributed by atoms with van der Waals surface area (Å²) in [7, 11) is 0. The van der Waals surface area contributed by atoms with E-state index in [0.29, 0.717) is 49.1 Å². The lowest BCUT2D eigenvalue weighted by Gasteiger charge is -2.16. The first-order valence-corrected chi connectivity index (χ1v) is 11.7. The molecule has 0 fully saturated rings. The van der Waals surface area contributed by atoms with E-state index in [-0.39, 0.29) is 17.8 Å².